The number of oxazole rings is 1. The van der Waals surface area contributed by atoms with E-state index in [0.29, 0.717) is 22.7 Å². The standard InChI is InChI=1S/C22H18N2O3/c1-14-6-3-4-9-18(14)21(25)23-16-8-5-7-15(12-16)22-24-19-13-17(26-2)10-11-20(19)27-22/h3-13H,1-2H3,(H,23,25). The molecule has 0 saturated carbocycles. The molecule has 0 unspecified atom stereocenters. The van der Waals surface area contributed by atoms with Gasteiger partial charge < -0.3 is 14.5 Å². The number of carbonyl (C=O) groups is 1. The first-order chi connectivity index (χ1) is 13.1. The van der Waals surface area contributed by atoms with Crippen molar-refractivity contribution in [3.05, 3.63) is 77.9 Å². The summed E-state index contributed by atoms with van der Waals surface area (Å²) < 4.78 is 11.1. The fourth-order valence-electron chi connectivity index (χ4n) is 2.91. The fourth-order valence-corrected chi connectivity index (χ4v) is 2.91. The molecule has 0 aliphatic carbocycles. The normalized spacial score (nSPS) is 10.7. The summed E-state index contributed by atoms with van der Waals surface area (Å²) in [5.41, 5.74) is 4.45. The lowest BCUT2D eigenvalue weighted by Gasteiger charge is -2.08. The van der Waals surface area contributed by atoms with Crippen LogP contribution >= 0.6 is 0 Å². The van der Waals surface area contributed by atoms with Gasteiger partial charge in [-0.3, -0.25) is 4.79 Å². The number of benzene rings is 3. The van der Waals surface area contributed by atoms with E-state index in [4.69, 9.17) is 9.15 Å². The average Bonchev–Trinajstić information content (AvgIpc) is 3.11. The van der Waals surface area contributed by atoms with Crippen LogP contribution in [0.3, 0.4) is 0 Å². The highest BCUT2D eigenvalue weighted by Crippen LogP contribution is 2.28. The quantitative estimate of drug-likeness (QED) is 0.553. The highest BCUT2D eigenvalue weighted by atomic mass is 16.5. The first kappa shape index (κ1) is 16.8. The summed E-state index contributed by atoms with van der Waals surface area (Å²) in [5.74, 6) is 1.07. The van der Waals surface area contributed by atoms with E-state index in [1.54, 1.807) is 7.11 Å². The van der Waals surface area contributed by atoms with Crippen molar-refractivity contribution in [1.82, 2.24) is 4.98 Å². The van der Waals surface area contributed by atoms with Gasteiger partial charge in [0.2, 0.25) is 5.89 Å². The molecule has 0 bridgehead atoms. The second-order valence-electron chi connectivity index (χ2n) is 6.20. The maximum atomic E-state index is 12.5. The molecule has 4 rings (SSSR count). The van der Waals surface area contributed by atoms with E-state index in [-0.39, 0.29) is 5.91 Å². The first-order valence-electron chi connectivity index (χ1n) is 8.56. The van der Waals surface area contributed by atoms with Crippen molar-refractivity contribution in [2.75, 3.05) is 12.4 Å². The van der Waals surface area contributed by atoms with E-state index in [2.05, 4.69) is 10.3 Å². The minimum absolute atomic E-state index is 0.146. The third kappa shape index (κ3) is 3.40. The zero-order valence-electron chi connectivity index (χ0n) is 15.0. The van der Waals surface area contributed by atoms with Gasteiger partial charge in [0.25, 0.3) is 5.91 Å². The number of carbonyl (C=O) groups excluding carboxylic acids is 1. The third-order valence-electron chi connectivity index (χ3n) is 4.35. The van der Waals surface area contributed by atoms with Gasteiger partial charge in [-0.15, -0.1) is 0 Å². The molecule has 0 radical (unpaired) electrons. The number of aryl methyl sites for hydroxylation is 1. The van der Waals surface area contributed by atoms with Gasteiger partial charge in [0.1, 0.15) is 11.3 Å². The molecule has 5 nitrogen and oxygen atoms in total. The van der Waals surface area contributed by atoms with Gasteiger partial charge in [0.15, 0.2) is 5.58 Å². The van der Waals surface area contributed by atoms with Crippen molar-refractivity contribution in [2.24, 2.45) is 0 Å². The highest BCUT2D eigenvalue weighted by Gasteiger charge is 2.12. The average molecular weight is 358 g/mol. The molecule has 27 heavy (non-hydrogen) atoms. The molecule has 0 fully saturated rings. The van der Waals surface area contributed by atoms with Gasteiger partial charge in [0, 0.05) is 22.9 Å². The Balaban J connectivity index is 1.63. The molecule has 5 heteroatoms. The van der Waals surface area contributed by atoms with Crippen LogP contribution in [0.4, 0.5) is 5.69 Å². The van der Waals surface area contributed by atoms with Crippen LogP contribution in [0.15, 0.2) is 71.1 Å². The van der Waals surface area contributed by atoms with Crippen molar-refractivity contribution in [2.45, 2.75) is 6.92 Å². The molecule has 0 saturated heterocycles. The first-order valence-corrected chi connectivity index (χ1v) is 8.56. The number of hydrogen-bond acceptors (Lipinski definition) is 4. The van der Waals surface area contributed by atoms with E-state index in [1.807, 2.05) is 73.7 Å². The monoisotopic (exact) mass is 358 g/mol. The molecule has 3 aromatic carbocycles. The summed E-state index contributed by atoms with van der Waals surface area (Å²) in [6.45, 7) is 1.91. The Morgan fingerprint density at radius 1 is 1.04 bits per heavy atom. The number of anilines is 1. The highest BCUT2D eigenvalue weighted by molar-refractivity contribution is 6.05. The van der Waals surface area contributed by atoms with Gasteiger partial charge in [-0.1, -0.05) is 24.3 Å². The Morgan fingerprint density at radius 2 is 1.89 bits per heavy atom. The van der Waals surface area contributed by atoms with E-state index >= 15 is 0 Å². The van der Waals surface area contributed by atoms with Crippen LogP contribution in [0.2, 0.25) is 0 Å². The van der Waals surface area contributed by atoms with Crippen LogP contribution in [0.1, 0.15) is 15.9 Å². The maximum Gasteiger partial charge on any atom is 0.255 e. The maximum absolute atomic E-state index is 12.5. The molecule has 0 spiro atoms. The zero-order valence-corrected chi connectivity index (χ0v) is 15.0. The number of fused-ring (bicyclic) bond motifs is 1. The number of methoxy groups -OCH3 is 1. The third-order valence-corrected chi connectivity index (χ3v) is 4.35. The minimum Gasteiger partial charge on any atom is -0.497 e. The predicted octanol–water partition coefficient (Wildman–Crippen LogP) is 5.06. The summed E-state index contributed by atoms with van der Waals surface area (Å²) >= 11 is 0. The second kappa shape index (κ2) is 6.96. The van der Waals surface area contributed by atoms with Crippen molar-refractivity contribution in [1.29, 1.82) is 0 Å². The van der Waals surface area contributed by atoms with Crippen LogP contribution in [0, 0.1) is 6.92 Å². The number of rotatable bonds is 4. The van der Waals surface area contributed by atoms with Gasteiger partial charge in [-0.2, -0.15) is 0 Å². The van der Waals surface area contributed by atoms with Gasteiger partial charge in [-0.25, -0.2) is 4.98 Å². The van der Waals surface area contributed by atoms with Crippen molar-refractivity contribution >= 4 is 22.7 Å². The number of aromatic nitrogens is 1. The molecule has 1 amide bonds. The number of amides is 1. The minimum atomic E-state index is -0.146. The lowest BCUT2D eigenvalue weighted by Crippen LogP contribution is -2.13. The van der Waals surface area contributed by atoms with E-state index in [0.717, 1.165) is 22.4 Å². The topological polar surface area (TPSA) is 64.4 Å². The summed E-state index contributed by atoms with van der Waals surface area (Å²) in [6.07, 6.45) is 0. The largest absolute Gasteiger partial charge is 0.497 e. The molecular weight excluding hydrogens is 340 g/mol. The summed E-state index contributed by atoms with van der Waals surface area (Å²) in [5, 5.41) is 2.93. The van der Waals surface area contributed by atoms with E-state index in [9.17, 15) is 4.79 Å². The number of ether oxygens (including phenoxy) is 1. The molecule has 0 aliphatic rings. The fraction of sp³-hybridized carbons (Fsp3) is 0.0909. The molecule has 134 valence electrons. The Labute approximate surface area is 156 Å². The smallest absolute Gasteiger partial charge is 0.255 e. The zero-order chi connectivity index (χ0) is 18.8. The van der Waals surface area contributed by atoms with E-state index < -0.39 is 0 Å². The van der Waals surface area contributed by atoms with E-state index in [1.165, 1.54) is 0 Å². The number of nitrogens with zero attached hydrogens (tertiary/aromatic N) is 1. The van der Waals surface area contributed by atoms with Crippen LogP contribution in [-0.4, -0.2) is 18.0 Å². The second-order valence-corrected chi connectivity index (χ2v) is 6.20. The number of nitrogens with one attached hydrogen (secondary N) is 1. The number of hydrogen-bond donors (Lipinski definition) is 1. The van der Waals surface area contributed by atoms with Gasteiger partial charge >= 0.3 is 0 Å². The molecule has 4 aromatic rings. The molecule has 1 heterocycles. The van der Waals surface area contributed by atoms with Crippen LogP contribution in [0.5, 0.6) is 5.75 Å². The Hall–Kier alpha value is -3.60. The molecular formula is C22H18N2O3. The summed E-state index contributed by atoms with van der Waals surface area (Å²) in [4.78, 5) is 17.1. The van der Waals surface area contributed by atoms with Crippen LogP contribution in [0.25, 0.3) is 22.6 Å². The van der Waals surface area contributed by atoms with Crippen LogP contribution in [-0.2, 0) is 0 Å². The Bertz CT molecular complexity index is 1130. The van der Waals surface area contributed by atoms with Crippen molar-refractivity contribution in [3.8, 4) is 17.2 Å². The Morgan fingerprint density at radius 3 is 2.70 bits per heavy atom. The van der Waals surface area contributed by atoms with Crippen LogP contribution < -0.4 is 10.1 Å². The predicted molar refractivity (Wildman–Crippen MR) is 105 cm³/mol. The summed E-state index contributed by atoms with van der Waals surface area (Å²) in [7, 11) is 1.61. The van der Waals surface area contributed by atoms with Crippen molar-refractivity contribution in [3.63, 3.8) is 0 Å². The molecule has 0 atom stereocenters. The lowest BCUT2D eigenvalue weighted by molar-refractivity contribution is 0.102. The molecule has 1 aromatic heterocycles. The van der Waals surface area contributed by atoms with Gasteiger partial charge in [-0.05, 0) is 48.9 Å². The SMILES string of the molecule is COc1ccc2oc(-c3cccc(NC(=O)c4ccccc4C)c3)nc2c1. The summed E-state index contributed by atoms with van der Waals surface area (Å²) in [6, 6.07) is 20.4. The molecule has 0 aliphatic heterocycles. The lowest BCUT2D eigenvalue weighted by atomic mass is 10.1. The molecule has 1 N–H and O–H groups in total. The Kier molecular flexibility index (Phi) is 4.34. The van der Waals surface area contributed by atoms with Crippen molar-refractivity contribution < 1.29 is 13.9 Å². The van der Waals surface area contributed by atoms with Gasteiger partial charge in [0.05, 0.1) is 7.11 Å².